The van der Waals surface area contributed by atoms with Gasteiger partial charge >= 0.3 is 0 Å². The van der Waals surface area contributed by atoms with Crippen molar-refractivity contribution >= 4 is 11.6 Å². The number of aromatic nitrogens is 7. The lowest BCUT2D eigenvalue weighted by Gasteiger charge is -2.16. The van der Waals surface area contributed by atoms with Crippen molar-refractivity contribution in [2.75, 3.05) is 11.9 Å². The number of likely N-dealkylation sites (N-methyl/N-ethyl adjacent to an activating group) is 1. The Labute approximate surface area is 177 Å². The van der Waals surface area contributed by atoms with Crippen LogP contribution in [0.25, 0.3) is 17.1 Å². The van der Waals surface area contributed by atoms with Gasteiger partial charge in [-0.2, -0.15) is 19.4 Å². The van der Waals surface area contributed by atoms with E-state index in [-0.39, 0.29) is 12.5 Å². The topological polar surface area (TPSA) is 94.6 Å². The van der Waals surface area contributed by atoms with E-state index in [4.69, 9.17) is 4.98 Å². The van der Waals surface area contributed by atoms with Gasteiger partial charge in [-0.3, -0.25) is 4.79 Å². The summed E-state index contributed by atoms with van der Waals surface area (Å²) in [7, 11) is 1.78. The van der Waals surface area contributed by atoms with E-state index < -0.39 is 11.4 Å². The summed E-state index contributed by atoms with van der Waals surface area (Å²) < 4.78 is 15.0. The largest absolute Gasteiger partial charge is 0.314 e. The van der Waals surface area contributed by atoms with Crippen molar-refractivity contribution in [2.24, 2.45) is 0 Å². The second kappa shape index (κ2) is 6.79. The molecule has 1 aliphatic rings. The van der Waals surface area contributed by atoms with Crippen LogP contribution in [0.3, 0.4) is 0 Å². The van der Waals surface area contributed by atoms with Crippen molar-refractivity contribution in [3.8, 4) is 17.1 Å². The van der Waals surface area contributed by atoms with Crippen LogP contribution in [0.4, 0.5) is 10.1 Å². The lowest BCUT2D eigenvalue weighted by atomic mass is 9.85. The van der Waals surface area contributed by atoms with Crippen LogP contribution in [-0.4, -0.2) is 47.7 Å². The number of hydrogen-bond acceptors (Lipinski definition) is 6. The van der Waals surface area contributed by atoms with Crippen LogP contribution in [0.5, 0.6) is 0 Å². The van der Waals surface area contributed by atoms with E-state index in [1.165, 1.54) is 17.1 Å². The molecular formula is C21H19FN8O. The highest BCUT2D eigenvalue weighted by Gasteiger charge is 2.42. The van der Waals surface area contributed by atoms with Crippen LogP contribution in [0, 0.1) is 5.95 Å². The van der Waals surface area contributed by atoms with Gasteiger partial charge in [-0.1, -0.05) is 0 Å². The predicted molar refractivity (Wildman–Crippen MR) is 110 cm³/mol. The minimum Gasteiger partial charge on any atom is -0.314 e. The highest BCUT2D eigenvalue weighted by Crippen LogP contribution is 2.42. The first-order chi connectivity index (χ1) is 14.8. The summed E-state index contributed by atoms with van der Waals surface area (Å²) in [5, 5.41) is 12.8. The lowest BCUT2D eigenvalue weighted by Crippen LogP contribution is -2.33. The van der Waals surface area contributed by atoms with Gasteiger partial charge in [0.25, 0.3) is 0 Å². The molecule has 31 heavy (non-hydrogen) atoms. The fourth-order valence-electron chi connectivity index (χ4n) is 3.85. The first-order valence-electron chi connectivity index (χ1n) is 9.69. The maximum Gasteiger partial charge on any atom is 0.236 e. The van der Waals surface area contributed by atoms with Crippen molar-refractivity contribution in [1.82, 2.24) is 34.7 Å². The van der Waals surface area contributed by atoms with Gasteiger partial charge in [0.05, 0.1) is 29.7 Å². The summed E-state index contributed by atoms with van der Waals surface area (Å²) in [6.45, 7) is 4.09. The summed E-state index contributed by atoms with van der Waals surface area (Å²) in [5.41, 5.74) is 2.49. The highest BCUT2D eigenvalue weighted by molar-refractivity contribution is 6.07. The Balaban J connectivity index is 1.65. The van der Waals surface area contributed by atoms with Crippen LogP contribution < -0.4 is 4.90 Å². The second-order valence-electron chi connectivity index (χ2n) is 7.88. The average molecular weight is 418 g/mol. The number of amides is 1. The van der Waals surface area contributed by atoms with Gasteiger partial charge < -0.3 is 4.90 Å². The van der Waals surface area contributed by atoms with E-state index in [9.17, 15) is 9.18 Å². The van der Waals surface area contributed by atoms with Gasteiger partial charge in [0.1, 0.15) is 6.54 Å². The fraction of sp³-hybridized carbons (Fsp3) is 0.238. The molecular weight excluding hydrogens is 399 g/mol. The SMILES string of the molecule is CN1C(=O)C(C)(C)c2cc(-c3nc(Cn4nccn4)nn3-c3ccc(F)nc3)ccc21. The number of halogens is 1. The number of carbonyl (C=O) groups excluding carboxylic acids is 1. The zero-order valence-electron chi connectivity index (χ0n) is 17.2. The molecule has 0 N–H and O–H groups in total. The second-order valence-corrected chi connectivity index (χ2v) is 7.88. The number of rotatable bonds is 4. The van der Waals surface area contributed by atoms with Gasteiger partial charge in [0.15, 0.2) is 11.6 Å². The maximum absolute atomic E-state index is 13.4. The van der Waals surface area contributed by atoms with E-state index in [1.807, 2.05) is 32.0 Å². The molecule has 1 amide bonds. The third-order valence-electron chi connectivity index (χ3n) is 5.49. The molecule has 0 fully saturated rings. The van der Waals surface area contributed by atoms with E-state index in [2.05, 4.69) is 20.3 Å². The molecule has 9 nitrogen and oxygen atoms in total. The number of pyridine rings is 1. The Morgan fingerprint density at radius 2 is 1.87 bits per heavy atom. The van der Waals surface area contributed by atoms with Crippen molar-refractivity contribution in [2.45, 2.75) is 25.8 Å². The highest BCUT2D eigenvalue weighted by atomic mass is 19.1. The monoisotopic (exact) mass is 418 g/mol. The van der Waals surface area contributed by atoms with Gasteiger partial charge in [0, 0.05) is 18.3 Å². The molecule has 0 bridgehead atoms. The molecule has 0 radical (unpaired) electrons. The molecule has 0 unspecified atom stereocenters. The normalized spacial score (nSPS) is 14.8. The minimum atomic E-state index is -0.649. The first kappa shape index (κ1) is 19.0. The number of benzene rings is 1. The molecule has 4 aromatic rings. The summed E-state index contributed by atoms with van der Waals surface area (Å²) in [5.74, 6) is 0.501. The third-order valence-corrected chi connectivity index (χ3v) is 5.49. The van der Waals surface area contributed by atoms with Crippen molar-refractivity contribution in [3.05, 3.63) is 66.3 Å². The Kier molecular flexibility index (Phi) is 4.17. The Bertz CT molecular complexity index is 1280. The quantitative estimate of drug-likeness (QED) is 0.472. The first-order valence-corrected chi connectivity index (χ1v) is 9.69. The summed E-state index contributed by atoms with van der Waals surface area (Å²) in [6, 6.07) is 8.63. The van der Waals surface area contributed by atoms with Gasteiger partial charge in [-0.15, -0.1) is 5.10 Å². The van der Waals surface area contributed by atoms with Crippen molar-refractivity contribution < 1.29 is 9.18 Å². The summed E-state index contributed by atoms with van der Waals surface area (Å²) in [6.07, 6.45) is 4.56. The summed E-state index contributed by atoms with van der Waals surface area (Å²) >= 11 is 0. The average Bonchev–Trinajstić information content (AvgIpc) is 3.46. The van der Waals surface area contributed by atoms with E-state index in [0.29, 0.717) is 17.3 Å². The lowest BCUT2D eigenvalue weighted by molar-refractivity contribution is -0.121. The van der Waals surface area contributed by atoms with Crippen molar-refractivity contribution in [3.63, 3.8) is 0 Å². The molecule has 5 rings (SSSR count). The molecule has 1 aromatic carbocycles. The molecule has 10 heteroatoms. The fourth-order valence-corrected chi connectivity index (χ4v) is 3.85. The van der Waals surface area contributed by atoms with Crippen LogP contribution in [0.15, 0.2) is 48.9 Å². The molecule has 4 heterocycles. The molecule has 0 spiro atoms. The third kappa shape index (κ3) is 3.07. The molecule has 0 aliphatic carbocycles. The van der Waals surface area contributed by atoms with Crippen LogP contribution in [0.1, 0.15) is 25.2 Å². The number of fused-ring (bicyclic) bond motifs is 1. The van der Waals surface area contributed by atoms with E-state index >= 15 is 0 Å². The number of carbonyl (C=O) groups is 1. The predicted octanol–water partition coefficient (Wildman–Crippen LogP) is 2.36. The zero-order valence-corrected chi connectivity index (χ0v) is 17.2. The standard InChI is InChI=1S/C21H19FN8O/c1-21(2)15-10-13(4-6-16(15)28(3)20(21)31)19-26-18(12-29-24-8-9-25-29)27-30(19)14-5-7-17(22)23-11-14/h4-11H,12H2,1-3H3. The summed E-state index contributed by atoms with van der Waals surface area (Å²) in [4.78, 5) is 24.2. The van der Waals surface area contributed by atoms with Gasteiger partial charge in [0.2, 0.25) is 11.9 Å². The molecule has 0 saturated carbocycles. The van der Waals surface area contributed by atoms with Crippen LogP contribution >= 0.6 is 0 Å². The molecule has 1 aliphatic heterocycles. The van der Waals surface area contributed by atoms with E-state index in [1.54, 1.807) is 35.1 Å². The Morgan fingerprint density at radius 3 is 2.58 bits per heavy atom. The zero-order chi connectivity index (χ0) is 21.8. The maximum atomic E-state index is 13.4. The van der Waals surface area contributed by atoms with Crippen LogP contribution in [-0.2, 0) is 16.8 Å². The van der Waals surface area contributed by atoms with E-state index in [0.717, 1.165) is 16.8 Å². The number of hydrogen-bond donors (Lipinski definition) is 0. The van der Waals surface area contributed by atoms with Crippen molar-refractivity contribution in [1.29, 1.82) is 0 Å². The smallest absolute Gasteiger partial charge is 0.236 e. The Morgan fingerprint density at radius 1 is 1.10 bits per heavy atom. The van der Waals surface area contributed by atoms with Crippen LogP contribution in [0.2, 0.25) is 0 Å². The molecule has 0 saturated heterocycles. The number of nitrogens with zero attached hydrogens (tertiary/aromatic N) is 8. The van der Waals surface area contributed by atoms with Gasteiger partial charge in [-0.05, 0) is 49.7 Å². The van der Waals surface area contributed by atoms with Gasteiger partial charge in [-0.25, -0.2) is 14.6 Å². The Hall–Kier alpha value is -3.95. The molecule has 0 atom stereocenters. The molecule has 156 valence electrons. The minimum absolute atomic E-state index is 0.0364. The number of anilines is 1. The molecule has 3 aromatic heterocycles.